The molecule has 7 heteroatoms. The minimum Gasteiger partial charge on any atom is -0.347 e. The summed E-state index contributed by atoms with van der Waals surface area (Å²) < 4.78 is 0. The smallest absolute Gasteiger partial charge is 0.242 e. The lowest BCUT2D eigenvalue weighted by atomic mass is 10.1. The van der Waals surface area contributed by atoms with E-state index >= 15 is 0 Å². The first-order chi connectivity index (χ1) is 14.2. The van der Waals surface area contributed by atoms with Crippen LogP contribution in [0, 0.1) is 0 Å². The van der Waals surface area contributed by atoms with Gasteiger partial charge >= 0.3 is 0 Å². The van der Waals surface area contributed by atoms with Crippen LogP contribution in [0.15, 0.2) is 46.8 Å². The van der Waals surface area contributed by atoms with E-state index in [4.69, 9.17) is 0 Å². The van der Waals surface area contributed by atoms with Crippen LogP contribution in [0.1, 0.15) is 16.0 Å². The van der Waals surface area contributed by atoms with E-state index in [1.54, 1.807) is 18.4 Å². The van der Waals surface area contributed by atoms with Crippen molar-refractivity contribution in [3.8, 4) is 0 Å². The highest BCUT2D eigenvalue weighted by Gasteiger charge is 2.23. The van der Waals surface area contributed by atoms with E-state index in [2.05, 4.69) is 61.9 Å². The Morgan fingerprint density at radius 2 is 1.86 bits per heavy atom. The molecule has 2 aliphatic rings. The molecule has 0 aliphatic carbocycles. The molecule has 0 bridgehead atoms. The van der Waals surface area contributed by atoms with Gasteiger partial charge in [0.05, 0.1) is 6.54 Å². The van der Waals surface area contributed by atoms with Crippen molar-refractivity contribution in [2.24, 2.45) is 4.99 Å². The summed E-state index contributed by atoms with van der Waals surface area (Å²) in [6.07, 6.45) is 0.969. The number of hydrogen-bond donors (Lipinski definition) is 1. The molecule has 0 spiro atoms. The van der Waals surface area contributed by atoms with Crippen molar-refractivity contribution < 1.29 is 4.79 Å². The van der Waals surface area contributed by atoms with Crippen molar-refractivity contribution in [1.82, 2.24) is 20.0 Å². The van der Waals surface area contributed by atoms with Crippen molar-refractivity contribution in [3.63, 3.8) is 0 Å². The van der Waals surface area contributed by atoms with E-state index < -0.39 is 0 Å². The molecule has 0 radical (unpaired) electrons. The quantitative estimate of drug-likeness (QED) is 0.618. The van der Waals surface area contributed by atoms with Gasteiger partial charge in [-0.3, -0.25) is 14.7 Å². The van der Waals surface area contributed by atoms with Crippen LogP contribution in [-0.4, -0.2) is 72.9 Å². The molecule has 2 aliphatic heterocycles. The summed E-state index contributed by atoms with van der Waals surface area (Å²) in [5.41, 5.74) is 2.65. The lowest BCUT2D eigenvalue weighted by molar-refractivity contribution is -0.130. The highest BCUT2D eigenvalue weighted by Crippen LogP contribution is 2.23. The first kappa shape index (κ1) is 19.9. The minimum atomic E-state index is 0.144. The van der Waals surface area contributed by atoms with Gasteiger partial charge in [-0.25, -0.2) is 0 Å². The molecule has 1 saturated heterocycles. The zero-order valence-corrected chi connectivity index (χ0v) is 17.8. The molecule has 0 unspecified atom stereocenters. The lowest BCUT2D eigenvalue weighted by Crippen LogP contribution is -2.53. The molecule has 2 aromatic rings. The van der Waals surface area contributed by atoms with Gasteiger partial charge in [0.1, 0.15) is 0 Å². The van der Waals surface area contributed by atoms with Crippen LogP contribution in [0.3, 0.4) is 0 Å². The van der Waals surface area contributed by atoms with E-state index in [1.165, 1.54) is 16.0 Å². The predicted octanol–water partition coefficient (Wildman–Crippen LogP) is 2.03. The van der Waals surface area contributed by atoms with E-state index in [1.807, 2.05) is 4.90 Å². The average molecular weight is 412 g/mol. The zero-order chi connectivity index (χ0) is 20.1. The van der Waals surface area contributed by atoms with Gasteiger partial charge in [-0.2, -0.15) is 0 Å². The minimum absolute atomic E-state index is 0.144. The van der Waals surface area contributed by atoms with Crippen molar-refractivity contribution in [2.75, 3.05) is 46.3 Å². The summed E-state index contributed by atoms with van der Waals surface area (Å²) in [6.45, 7) is 6.66. The molecule has 1 aromatic heterocycles. The van der Waals surface area contributed by atoms with Gasteiger partial charge in [0.2, 0.25) is 5.91 Å². The molecule has 1 N–H and O–H groups in total. The van der Waals surface area contributed by atoms with Crippen molar-refractivity contribution in [3.05, 3.63) is 57.8 Å². The van der Waals surface area contributed by atoms with Crippen molar-refractivity contribution >= 4 is 23.2 Å². The Hall–Kier alpha value is -2.38. The van der Waals surface area contributed by atoms with Gasteiger partial charge in [-0.05, 0) is 29.0 Å². The molecule has 4 rings (SSSR count). The predicted molar refractivity (Wildman–Crippen MR) is 118 cm³/mol. The third kappa shape index (κ3) is 4.97. The number of hydrogen-bond acceptors (Lipinski definition) is 4. The van der Waals surface area contributed by atoms with Crippen molar-refractivity contribution in [2.45, 2.75) is 19.5 Å². The van der Waals surface area contributed by atoms with Crippen molar-refractivity contribution in [1.29, 1.82) is 0 Å². The zero-order valence-electron chi connectivity index (χ0n) is 17.0. The van der Waals surface area contributed by atoms with Crippen LogP contribution in [-0.2, 0) is 24.3 Å². The summed E-state index contributed by atoms with van der Waals surface area (Å²) in [4.78, 5) is 25.2. The Balaban J connectivity index is 1.23. The molecular weight excluding hydrogens is 382 g/mol. The molecule has 1 fully saturated rings. The van der Waals surface area contributed by atoms with Gasteiger partial charge in [-0.15, -0.1) is 11.3 Å². The second-order valence-corrected chi connectivity index (χ2v) is 8.58. The second-order valence-electron chi connectivity index (χ2n) is 7.58. The van der Waals surface area contributed by atoms with Gasteiger partial charge in [0.15, 0.2) is 5.96 Å². The standard InChI is InChI=1S/C22H29N5OS/c1-23-22(24-15-21(28)27-9-7-20-19(17-27)8-14-29-20)26-12-10-25(11-13-26)16-18-5-3-2-4-6-18/h2-6,8,14H,7,9-13,15-17H2,1H3,(H,23,24). The SMILES string of the molecule is CN=C(NCC(=O)N1CCc2sccc2C1)N1CCN(Cc2ccccc2)CC1. The maximum absolute atomic E-state index is 12.7. The Morgan fingerprint density at radius 3 is 2.62 bits per heavy atom. The van der Waals surface area contributed by atoms with Crippen LogP contribution in [0.25, 0.3) is 0 Å². The molecule has 29 heavy (non-hydrogen) atoms. The number of aliphatic imine (C=N–C) groups is 1. The molecule has 0 atom stereocenters. The summed E-state index contributed by atoms with van der Waals surface area (Å²) >= 11 is 1.80. The number of carbonyl (C=O) groups excluding carboxylic acids is 1. The number of rotatable bonds is 4. The molecule has 1 aromatic carbocycles. The second kappa shape index (κ2) is 9.41. The highest BCUT2D eigenvalue weighted by atomic mass is 32.1. The van der Waals surface area contributed by atoms with E-state index in [9.17, 15) is 4.79 Å². The Morgan fingerprint density at radius 1 is 1.07 bits per heavy atom. The monoisotopic (exact) mass is 411 g/mol. The third-order valence-electron chi connectivity index (χ3n) is 5.69. The maximum Gasteiger partial charge on any atom is 0.242 e. The molecule has 6 nitrogen and oxygen atoms in total. The first-order valence-corrected chi connectivity index (χ1v) is 11.2. The molecule has 154 valence electrons. The number of guanidine groups is 1. The van der Waals surface area contributed by atoms with Gasteiger partial charge in [0, 0.05) is 57.7 Å². The fourth-order valence-electron chi connectivity index (χ4n) is 4.02. The number of fused-ring (bicyclic) bond motifs is 1. The summed E-state index contributed by atoms with van der Waals surface area (Å²) in [5, 5.41) is 5.41. The number of piperazine rings is 1. The lowest BCUT2D eigenvalue weighted by Gasteiger charge is -2.36. The van der Waals surface area contributed by atoms with Crippen LogP contribution in [0.2, 0.25) is 0 Å². The van der Waals surface area contributed by atoms with Gasteiger partial charge in [-0.1, -0.05) is 30.3 Å². The van der Waals surface area contributed by atoms with Gasteiger partial charge < -0.3 is 15.1 Å². The maximum atomic E-state index is 12.7. The van der Waals surface area contributed by atoms with Crippen LogP contribution in [0.4, 0.5) is 0 Å². The topological polar surface area (TPSA) is 51.2 Å². The third-order valence-corrected chi connectivity index (χ3v) is 6.71. The molecular formula is C22H29N5OS. The number of carbonyl (C=O) groups is 1. The fraction of sp³-hybridized carbons (Fsp3) is 0.455. The van der Waals surface area contributed by atoms with E-state index in [-0.39, 0.29) is 5.91 Å². The number of benzene rings is 1. The molecule has 0 saturated carbocycles. The Bertz CT molecular complexity index is 842. The van der Waals surface area contributed by atoms with Crippen LogP contribution >= 0.6 is 11.3 Å². The molecule has 3 heterocycles. The summed E-state index contributed by atoms with van der Waals surface area (Å²) in [7, 11) is 1.79. The number of nitrogens with one attached hydrogen (secondary N) is 1. The van der Waals surface area contributed by atoms with Gasteiger partial charge in [0.25, 0.3) is 0 Å². The fourth-order valence-corrected chi connectivity index (χ4v) is 4.91. The Labute approximate surface area is 176 Å². The largest absolute Gasteiger partial charge is 0.347 e. The van der Waals surface area contributed by atoms with Crippen LogP contribution < -0.4 is 5.32 Å². The van der Waals surface area contributed by atoms with E-state index in [0.29, 0.717) is 6.54 Å². The number of nitrogens with zero attached hydrogens (tertiary/aromatic N) is 4. The first-order valence-electron chi connectivity index (χ1n) is 10.3. The number of thiophene rings is 1. The highest BCUT2D eigenvalue weighted by molar-refractivity contribution is 7.10. The molecule has 1 amide bonds. The van der Waals surface area contributed by atoms with E-state index in [0.717, 1.165) is 58.2 Å². The summed E-state index contributed by atoms with van der Waals surface area (Å²) in [6, 6.07) is 12.7. The Kier molecular flexibility index (Phi) is 6.46. The van der Waals surface area contributed by atoms with Crippen LogP contribution in [0.5, 0.6) is 0 Å². The average Bonchev–Trinajstić information content (AvgIpc) is 3.24. The summed E-state index contributed by atoms with van der Waals surface area (Å²) in [5.74, 6) is 0.969. The number of amides is 1. The normalized spacial score (nSPS) is 17.9.